The molecule has 5 nitrogen and oxygen atoms in total. The highest BCUT2D eigenvalue weighted by atomic mass is 32.2. The first-order valence-corrected chi connectivity index (χ1v) is 6.93. The van der Waals surface area contributed by atoms with Gasteiger partial charge in [0.25, 0.3) is 0 Å². The quantitative estimate of drug-likeness (QED) is 0.810. The van der Waals surface area contributed by atoms with Gasteiger partial charge in [0.15, 0.2) is 0 Å². The molecule has 6 heteroatoms. The van der Waals surface area contributed by atoms with Crippen LogP contribution in [-0.4, -0.2) is 15.0 Å². The van der Waals surface area contributed by atoms with E-state index < -0.39 is 10.0 Å². The molecule has 0 saturated carbocycles. The Morgan fingerprint density at radius 3 is 2.50 bits per heavy atom. The SMILES string of the molecule is CC(C)(C)CNS(=O)(=O)c1ccc(N)cc1C#N. The van der Waals surface area contributed by atoms with Gasteiger partial charge in [0, 0.05) is 12.2 Å². The summed E-state index contributed by atoms with van der Waals surface area (Å²) in [6, 6.07) is 6.00. The molecule has 0 aliphatic carbocycles. The van der Waals surface area contributed by atoms with Crippen molar-refractivity contribution in [3.63, 3.8) is 0 Å². The van der Waals surface area contributed by atoms with Crippen molar-refractivity contribution in [1.82, 2.24) is 4.72 Å². The molecular weight excluding hydrogens is 250 g/mol. The molecule has 18 heavy (non-hydrogen) atoms. The highest BCUT2D eigenvalue weighted by Crippen LogP contribution is 2.19. The van der Waals surface area contributed by atoms with Gasteiger partial charge in [-0.1, -0.05) is 20.8 Å². The lowest BCUT2D eigenvalue weighted by atomic mass is 9.98. The second-order valence-electron chi connectivity index (χ2n) is 5.25. The van der Waals surface area contributed by atoms with Crippen molar-refractivity contribution in [2.75, 3.05) is 12.3 Å². The standard InChI is InChI=1S/C12H17N3O2S/c1-12(2,3)8-15-18(16,17)11-5-4-10(14)6-9(11)7-13/h4-6,15H,8,14H2,1-3H3. The molecule has 0 aliphatic rings. The molecule has 0 aliphatic heterocycles. The summed E-state index contributed by atoms with van der Waals surface area (Å²) in [4.78, 5) is -0.0385. The molecule has 0 heterocycles. The summed E-state index contributed by atoms with van der Waals surface area (Å²) in [6.45, 7) is 6.06. The van der Waals surface area contributed by atoms with Gasteiger partial charge in [0.2, 0.25) is 10.0 Å². The Bertz CT molecular complexity index is 580. The first-order valence-electron chi connectivity index (χ1n) is 5.45. The van der Waals surface area contributed by atoms with Crippen molar-refractivity contribution in [2.45, 2.75) is 25.7 Å². The van der Waals surface area contributed by atoms with E-state index in [9.17, 15) is 8.42 Å². The molecule has 1 aromatic rings. The average Bonchev–Trinajstić information content (AvgIpc) is 2.25. The number of hydrogen-bond acceptors (Lipinski definition) is 4. The highest BCUT2D eigenvalue weighted by molar-refractivity contribution is 7.89. The molecule has 3 N–H and O–H groups in total. The predicted octanol–water partition coefficient (Wildman–Crippen LogP) is 1.46. The maximum Gasteiger partial charge on any atom is 0.241 e. The summed E-state index contributed by atoms with van der Waals surface area (Å²) < 4.78 is 26.6. The monoisotopic (exact) mass is 267 g/mol. The second-order valence-corrected chi connectivity index (χ2v) is 6.99. The fraction of sp³-hybridized carbons (Fsp3) is 0.417. The van der Waals surface area contributed by atoms with Gasteiger partial charge >= 0.3 is 0 Å². The molecule has 0 amide bonds. The van der Waals surface area contributed by atoms with E-state index in [0.717, 1.165) is 0 Å². The maximum absolute atomic E-state index is 12.1. The zero-order valence-corrected chi connectivity index (χ0v) is 11.5. The number of nitrogen functional groups attached to an aromatic ring is 1. The second kappa shape index (κ2) is 4.96. The van der Waals surface area contributed by atoms with Crippen molar-refractivity contribution in [3.8, 4) is 6.07 Å². The Balaban J connectivity index is 3.10. The molecule has 0 spiro atoms. The Kier molecular flexibility index (Phi) is 3.99. The van der Waals surface area contributed by atoms with Crippen LogP contribution < -0.4 is 10.5 Å². The molecule has 1 rings (SSSR count). The van der Waals surface area contributed by atoms with Crippen LogP contribution in [0.3, 0.4) is 0 Å². The zero-order chi connectivity index (χ0) is 14.0. The van der Waals surface area contributed by atoms with Crippen molar-refractivity contribution in [3.05, 3.63) is 23.8 Å². The van der Waals surface area contributed by atoms with E-state index in [1.54, 1.807) is 0 Å². The molecular formula is C12H17N3O2S. The predicted molar refractivity (Wildman–Crippen MR) is 70.2 cm³/mol. The summed E-state index contributed by atoms with van der Waals surface area (Å²) in [6.07, 6.45) is 0. The number of nitrogens with zero attached hydrogens (tertiary/aromatic N) is 1. The number of hydrogen-bond donors (Lipinski definition) is 2. The fourth-order valence-electron chi connectivity index (χ4n) is 1.26. The minimum Gasteiger partial charge on any atom is -0.399 e. The zero-order valence-electron chi connectivity index (χ0n) is 10.7. The summed E-state index contributed by atoms with van der Waals surface area (Å²) in [5.74, 6) is 0. The molecule has 0 bridgehead atoms. The van der Waals surface area contributed by atoms with Gasteiger partial charge in [-0.3, -0.25) is 0 Å². The van der Waals surface area contributed by atoms with Gasteiger partial charge in [-0.2, -0.15) is 5.26 Å². The normalized spacial score (nSPS) is 12.1. The third-order valence-corrected chi connectivity index (χ3v) is 3.67. The van der Waals surface area contributed by atoms with Gasteiger partial charge in [0.1, 0.15) is 6.07 Å². The third kappa shape index (κ3) is 3.72. The minimum absolute atomic E-state index is 0.0385. The van der Waals surface area contributed by atoms with Gasteiger partial charge < -0.3 is 5.73 Å². The smallest absolute Gasteiger partial charge is 0.241 e. The molecule has 0 unspecified atom stereocenters. The minimum atomic E-state index is -3.68. The van der Waals surface area contributed by atoms with Crippen LogP contribution in [0.5, 0.6) is 0 Å². The van der Waals surface area contributed by atoms with E-state index >= 15 is 0 Å². The van der Waals surface area contributed by atoms with Crippen molar-refractivity contribution < 1.29 is 8.42 Å². The number of anilines is 1. The molecule has 1 aromatic carbocycles. The first-order chi connectivity index (χ1) is 8.15. The van der Waals surface area contributed by atoms with Gasteiger partial charge in [-0.25, -0.2) is 13.1 Å². The number of sulfonamides is 1. The van der Waals surface area contributed by atoms with Crippen LogP contribution in [0.1, 0.15) is 26.3 Å². The van der Waals surface area contributed by atoms with Crippen molar-refractivity contribution in [2.24, 2.45) is 5.41 Å². The highest BCUT2D eigenvalue weighted by Gasteiger charge is 2.21. The van der Waals surface area contributed by atoms with E-state index in [-0.39, 0.29) is 15.9 Å². The maximum atomic E-state index is 12.1. The summed E-state index contributed by atoms with van der Waals surface area (Å²) in [5.41, 5.74) is 5.76. The molecule has 0 saturated heterocycles. The number of nitrogens with two attached hydrogens (primary N) is 1. The lowest BCUT2D eigenvalue weighted by molar-refractivity contribution is 0.407. The average molecular weight is 267 g/mol. The van der Waals surface area contributed by atoms with E-state index in [1.165, 1.54) is 18.2 Å². The Hall–Kier alpha value is -1.58. The van der Waals surface area contributed by atoms with Gasteiger partial charge in [-0.05, 0) is 23.6 Å². The van der Waals surface area contributed by atoms with Crippen LogP contribution in [0.4, 0.5) is 5.69 Å². The third-order valence-electron chi connectivity index (χ3n) is 2.21. The van der Waals surface area contributed by atoms with Crippen molar-refractivity contribution in [1.29, 1.82) is 5.26 Å². The van der Waals surface area contributed by atoms with Crippen LogP contribution in [0.15, 0.2) is 23.1 Å². The molecule has 0 atom stereocenters. The van der Waals surface area contributed by atoms with E-state index in [0.29, 0.717) is 12.2 Å². The number of rotatable bonds is 3. The van der Waals surface area contributed by atoms with E-state index in [1.807, 2.05) is 26.8 Å². The van der Waals surface area contributed by atoms with Crippen molar-refractivity contribution >= 4 is 15.7 Å². The van der Waals surface area contributed by atoms with Crippen LogP contribution in [0, 0.1) is 16.7 Å². The number of nitriles is 1. The number of nitrogens with one attached hydrogen (secondary N) is 1. The molecule has 0 fully saturated rings. The Labute approximate surface area is 108 Å². The van der Waals surface area contributed by atoms with Crippen LogP contribution in [0.2, 0.25) is 0 Å². The lowest BCUT2D eigenvalue weighted by Gasteiger charge is -2.19. The molecule has 0 radical (unpaired) electrons. The first kappa shape index (κ1) is 14.5. The summed E-state index contributed by atoms with van der Waals surface area (Å²) >= 11 is 0. The lowest BCUT2D eigenvalue weighted by Crippen LogP contribution is -2.32. The number of benzene rings is 1. The molecule has 98 valence electrons. The summed E-state index contributed by atoms with van der Waals surface area (Å²) in [5, 5.41) is 8.94. The summed E-state index contributed by atoms with van der Waals surface area (Å²) in [7, 11) is -3.68. The van der Waals surface area contributed by atoms with E-state index in [4.69, 9.17) is 11.0 Å². The molecule has 0 aromatic heterocycles. The fourth-order valence-corrected chi connectivity index (χ4v) is 2.68. The van der Waals surface area contributed by atoms with Crippen LogP contribution in [-0.2, 0) is 10.0 Å². The van der Waals surface area contributed by atoms with E-state index in [2.05, 4.69) is 4.72 Å². The Morgan fingerprint density at radius 1 is 1.39 bits per heavy atom. The van der Waals surface area contributed by atoms with Crippen LogP contribution in [0.25, 0.3) is 0 Å². The Morgan fingerprint density at radius 2 is 2.00 bits per heavy atom. The largest absolute Gasteiger partial charge is 0.399 e. The topological polar surface area (TPSA) is 96.0 Å². The van der Waals surface area contributed by atoms with Crippen LogP contribution >= 0.6 is 0 Å². The van der Waals surface area contributed by atoms with Gasteiger partial charge in [-0.15, -0.1) is 0 Å². The van der Waals surface area contributed by atoms with Gasteiger partial charge in [0.05, 0.1) is 10.5 Å².